The van der Waals surface area contributed by atoms with Crippen molar-refractivity contribution in [2.24, 2.45) is 11.1 Å². The first-order chi connectivity index (χ1) is 16.1. The summed E-state index contributed by atoms with van der Waals surface area (Å²) in [5.74, 6) is -2.74. The van der Waals surface area contributed by atoms with Crippen molar-refractivity contribution in [2.75, 3.05) is 0 Å². The van der Waals surface area contributed by atoms with E-state index >= 15 is 0 Å². The molecule has 4 atom stereocenters. The predicted octanol–water partition coefficient (Wildman–Crippen LogP) is 0.223. The van der Waals surface area contributed by atoms with Gasteiger partial charge in [0.05, 0.1) is 18.6 Å². The number of hydrogen-bond acceptors (Lipinski definition) is 7. The smallest absolute Gasteiger partial charge is 0.303 e. The van der Waals surface area contributed by atoms with Crippen molar-refractivity contribution >= 4 is 35.0 Å². The zero-order valence-corrected chi connectivity index (χ0v) is 19.6. The van der Waals surface area contributed by atoms with E-state index in [0.29, 0.717) is 12.8 Å². The van der Waals surface area contributed by atoms with Gasteiger partial charge in [0.15, 0.2) is 0 Å². The molecule has 34 heavy (non-hydrogen) atoms. The Balaban J connectivity index is 1.68. The number of carbonyl (C=O) groups excluding carboxylic acids is 3. The Labute approximate surface area is 201 Å². The van der Waals surface area contributed by atoms with E-state index in [1.807, 2.05) is 17.5 Å². The summed E-state index contributed by atoms with van der Waals surface area (Å²) in [5, 5.41) is 37.0. The summed E-state index contributed by atoms with van der Waals surface area (Å²) in [5.41, 5.74) is 4.92. The van der Waals surface area contributed by atoms with Crippen molar-refractivity contribution in [1.29, 1.82) is 0 Å². The molecule has 1 heterocycles. The van der Waals surface area contributed by atoms with Gasteiger partial charge in [0, 0.05) is 29.7 Å². The van der Waals surface area contributed by atoms with E-state index < -0.39 is 53.4 Å². The maximum absolute atomic E-state index is 12.8. The lowest BCUT2D eigenvalue weighted by molar-refractivity contribution is -0.140. The van der Waals surface area contributed by atoms with Crippen LogP contribution in [0.2, 0.25) is 0 Å². The minimum atomic E-state index is -1.34. The van der Waals surface area contributed by atoms with Crippen LogP contribution in [0.4, 0.5) is 0 Å². The van der Waals surface area contributed by atoms with Gasteiger partial charge in [-0.05, 0) is 29.7 Å². The van der Waals surface area contributed by atoms with Crippen LogP contribution >= 0.6 is 11.3 Å². The number of aliphatic carboxylic acids is 1. The summed E-state index contributed by atoms with van der Waals surface area (Å²) in [6, 6.07) is 1.65. The van der Waals surface area contributed by atoms with Gasteiger partial charge in [-0.1, -0.05) is 25.0 Å². The molecule has 2 aliphatic carbocycles. The lowest BCUT2D eigenvalue weighted by atomic mass is 9.79. The zero-order chi connectivity index (χ0) is 24.9. The molecule has 186 valence electrons. The maximum atomic E-state index is 12.8. The van der Waals surface area contributed by atoms with E-state index in [0.717, 1.165) is 17.7 Å². The quantitative estimate of drug-likeness (QED) is 0.270. The molecule has 0 spiro atoms. The van der Waals surface area contributed by atoms with Crippen molar-refractivity contribution in [2.45, 2.75) is 75.7 Å². The second-order valence-corrected chi connectivity index (χ2v) is 10.2. The summed E-state index contributed by atoms with van der Waals surface area (Å²) in [4.78, 5) is 49.6. The van der Waals surface area contributed by atoms with E-state index in [1.54, 1.807) is 0 Å². The second kappa shape index (κ2) is 11.1. The first-order valence-corrected chi connectivity index (χ1v) is 12.2. The van der Waals surface area contributed by atoms with Gasteiger partial charge in [0.1, 0.15) is 12.1 Å². The molecule has 1 aromatic rings. The number of hydrogen-bond donors (Lipinski definition) is 6. The Bertz CT molecular complexity index is 940. The molecule has 0 unspecified atom stereocenters. The molecular formula is C23H31N3O7S. The highest BCUT2D eigenvalue weighted by Gasteiger charge is 2.40. The van der Waals surface area contributed by atoms with Crippen molar-refractivity contribution in [3.63, 3.8) is 0 Å². The summed E-state index contributed by atoms with van der Waals surface area (Å²) < 4.78 is 0. The molecular weight excluding hydrogens is 462 g/mol. The van der Waals surface area contributed by atoms with Crippen molar-refractivity contribution < 1.29 is 34.5 Å². The highest BCUT2D eigenvalue weighted by Crippen LogP contribution is 2.44. The predicted molar refractivity (Wildman–Crippen MR) is 124 cm³/mol. The molecule has 3 rings (SSSR count). The molecule has 0 aliphatic heterocycles. The third-order valence-electron chi connectivity index (χ3n) is 6.55. The molecule has 10 nitrogen and oxygen atoms in total. The minimum absolute atomic E-state index is 0.0153. The molecule has 1 aromatic heterocycles. The van der Waals surface area contributed by atoms with Crippen molar-refractivity contribution in [1.82, 2.24) is 10.6 Å². The van der Waals surface area contributed by atoms with Crippen molar-refractivity contribution in [3.05, 3.63) is 34.0 Å². The largest absolute Gasteiger partial charge is 0.481 e. The Morgan fingerprint density at radius 1 is 1.18 bits per heavy atom. The fourth-order valence-electron chi connectivity index (χ4n) is 4.81. The molecule has 1 saturated carbocycles. The number of rotatable bonds is 10. The number of aliphatic hydroxyl groups excluding tert-OH is 2. The fourth-order valence-corrected chi connectivity index (χ4v) is 5.56. The SMILES string of the molecule is NC(=O)[C@H](Cc1cccs1)NC(=O)C1=C[C@@H](NC(=O)CC2(CC(=O)O)CCCC2)[C@@H](O)[C@H](O)C1. The van der Waals surface area contributed by atoms with Gasteiger partial charge in [-0.25, -0.2) is 0 Å². The monoisotopic (exact) mass is 493 g/mol. The Morgan fingerprint density at radius 2 is 1.88 bits per heavy atom. The van der Waals surface area contributed by atoms with Gasteiger partial charge in [0.25, 0.3) is 0 Å². The summed E-state index contributed by atoms with van der Waals surface area (Å²) in [6.45, 7) is 0. The molecule has 1 fully saturated rings. The van der Waals surface area contributed by atoms with E-state index in [2.05, 4.69) is 10.6 Å². The number of aliphatic hydroxyl groups is 2. The highest BCUT2D eigenvalue weighted by molar-refractivity contribution is 7.09. The maximum Gasteiger partial charge on any atom is 0.303 e. The number of primary amides is 1. The number of carboxylic acid groups (broad SMARTS) is 1. The Morgan fingerprint density at radius 3 is 2.47 bits per heavy atom. The number of nitrogens with one attached hydrogen (secondary N) is 2. The zero-order valence-electron chi connectivity index (χ0n) is 18.7. The lowest BCUT2D eigenvalue weighted by Gasteiger charge is -2.33. The third kappa shape index (κ3) is 6.64. The van der Waals surface area contributed by atoms with Crippen LogP contribution in [0.25, 0.3) is 0 Å². The second-order valence-electron chi connectivity index (χ2n) is 9.21. The third-order valence-corrected chi connectivity index (χ3v) is 7.45. The summed E-state index contributed by atoms with van der Waals surface area (Å²) in [6.07, 6.45) is 1.62. The minimum Gasteiger partial charge on any atom is -0.481 e. The van der Waals surface area contributed by atoms with E-state index in [-0.39, 0.29) is 31.3 Å². The van der Waals surface area contributed by atoms with Crippen LogP contribution in [0.5, 0.6) is 0 Å². The number of amides is 3. The topological polar surface area (TPSA) is 179 Å². The average Bonchev–Trinajstić information content (AvgIpc) is 3.42. The first-order valence-electron chi connectivity index (χ1n) is 11.3. The van der Waals surface area contributed by atoms with E-state index in [9.17, 15) is 34.5 Å². The van der Waals surface area contributed by atoms with Crippen LogP contribution in [0, 0.1) is 5.41 Å². The average molecular weight is 494 g/mol. The number of nitrogens with two attached hydrogens (primary N) is 1. The molecule has 0 saturated heterocycles. The normalized spacial score (nSPS) is 24.6. The molecule has 0 aromatic carbocycles. The molecule has 7 N–H and O–H groups in total. The van der Waals surface area contributed by atoms with Crippen LogP contribution in [0.3, 0.4) is 0 Å². The van der Waals surface area contributed by atoms with Gasteiger partial charge in [0.2, 0.25) is 17.7 Å². The van der Waals surface area contributed by atoms with Crippen LogP contribution in [-0.4, -0.2) is 63.3 Å². The highest BCUT2D eigenvalue weighted by atomic mass is 32.1. The van der Waals surface area contributed by atoms with Gasteiger partial charge in [-0.3, -0.25) is 19.2 Å². The Kier molecular flexibility index (Phi) is 8.45. The lowest BCUT2D eigenvalue weighted by Crippen LogP contribution is -2.52. The van der Waals surface area contributed by atoms with Crippen LogP contribution in [0.1, 0.15) is 49.8 Å². The standard InChI is InChI=1S/C23H31N3O7S/c24-21(32)16(10-14-4-3-7-34-14)26-22(33)13-8-15(20(31)17(27)9-13)25-18(28)11-23(12-19(29)30)5-1-2-6-23/h3-4,7-8,15-17,20,27,31H,1-2,5-6,9-12H2,(H2,24,32)(H,25,28)(H,26,33)(H,29,30)/t15-,16+,17-,20-/m1/s1. The molecule has 11 heteroatoms. The number of carboxylic acids is 1. The molecule has 0 bridgehead atoms. The molecule has 2 aliphatic rings. The molecule has 3 amide bonds. The van der Waals surface area contributed by atoms with Gasteiger partial charge in [-0.2, -0.15) is 0 Å². The van der Waals surface area contributed by atoms with Crippen LogP contribution < -0.4 is 16.4 Å². The molecule has 0 radical (unpaired) electrons. The van der Waals surface area contributed by atoms with Gasteiger partial charge in [-0.15, -0.1) is 11.3 Å². The van der Waals surface area contributed by atoms with Gasteiger partial charge >= 0.3 is 5.97 Å². The summed E-state index contributed by atoms with van der Waals surface area (Å²) in [7, 11) is 0. The summed E-state index contributed by atoms with van der Waals surface area (Å²) >= 11 is 1.42. The number of carbonyl (C=O) groups is 4. The number of thiophene rings is 1. The van der Waals surface area contributed by atoms with Crippen molar-refractivity contribution in [3.8, 4) is 0 Å². The van der Waals surface area contributed by atoms with E-state index in [4.69, 9.17) is 5.73 Å². The van der Waals surface area contributed by atoms with Crippen LogP contribution in [-0.2, 0) is 25.6 Å². The van der Waals surface area contributed by atoms with E-state index in [1.165, 1.54) is 17.4 Å². The fraction of sp³-hybridized carbons (Fsp3) is 0.565. The van der Waals surface area contributed by atoms with Crippen LogP contribution in [0.15, 0.2) is 29.2 Å². The first kappa shape index (κ1) is 25.9. The van der Waals surface area contributed by atoms with Gasteiger partial charge < -0.3 is 31.7 Å². The Hall–Kier alpha value is -2.76.